The predicted molar refractivity (Wildman–Crippen MR) is 76.6 cm³/mol. The van der Waals surface area contributed by atoms with Crippen molar-refractivity contribution in [1.29, 1.82) is 0 Å². The maximum absolute atomic E-state index is 12.6. The van der Waals surface area contributed by atoms with Crippen molar-refractivity contribution >= 4 is 21.5 Å². The van der Waals surface area contributed by atoms with E-state index in [1.165, 1.54) is 4.31 Å². The van der Waals surface area contributed by atoms with Crippen molar-refractivity contribution < 1.29 is 17.7 Å². The number of sulfonamides is 1. The van der Waals surface area contributed by atoms with Crippen molar-refractivity contribution in [3.05, 3.63) is 47.3 Å². The van der Waals surface area contributed by atoms with Crippen LogP contribution in [0.1, 0.15) is 28.2 Å². The standard InChI is InChI=1S/C14H14N2O4S/c1-10-8-11(15-20-10)9-21(18,19)16-7-6-14(17)12-4-2-3-5-13(12)16/h2-5,8H,6-7,9H2,1H3. The highest BCUT2D eigenvalue weighted by molar-refractivity contribution is 7.92. The largest absolute Gasteiger partial charge is 0.361 e. The van der Waals surface area contributed by atoms with Gasteiger partial charge in [-0.2, -0.15) is 0 Å². The molecule has 0 N–H and O–H groups in total. The minimum Gasteiger partial charge on any atom is -0.361 e. The number of carbonyl (C=O) groups is 1. The smallest absolute Gasteiger partial charge is 0.241 e. The average molecular weight is 306 g/mol. The third-order valence-electron chi connectivity index (χ3n) is 3.36. The van der Waals surface area contributed by atoms with E-state index in [0.29, 0.717) is 22.7 Å². The summed E-state index contributed by atoms with van der Waals surface area (Å²) >= 11 is 0. The molecule has 21 heavy (non-hydrogen) atoms. The molecule has 6 nitrogen and oxygen atoms in total. The first-order valence-electron chi connectivity index (χ1n) is 6.52. The zero-order valence-electron chi connectivity index (χ0n) is 11.4. The highest BCUT2D eigenvalue weighted by atomic mass is 32.2. The van der Waals surface area contributed by atoms with Crippen LogP contribution in [-0.2, 0) is 15.8 Å². The van der Waals surface area contributed by atoms with E-state index in [1.54, 1.807) is 37.3 Å². The second kappa shape index (κ2) is 5.00. The summed E-state index contributed by atoms with van der Waals surface area (Å²) in [4.78, 5) is 11.9. The van der Waals surface area contributed by atoms with E-state index in [4.69, 9.17) is 4.52 Å². The van der Waals surface area contributed by atoms with Crippen LogP contribution < -0.4 is 4.31 Å². The van der Waals surface area contributed by atoms with E-state index in [1.807, 2.05) is 0 Å². The number of fused-ring (bicyclic) bond motifs is 1. The summed E-state index contributed by atoms with van der Waals surface area (Å²) in [5, 5.41) is 3.72. The minimum absolute atomic E-state index is 0.0330. The summed E-state index contributed by atoms with van der Waals surface area (Å²) in [5.41, 5.74) is 1.25. The summed E-state index contributed by atoms with van der Waals surface area (Å²) in [7, 11) is -3.60. The number of aryl methyl sites for hydroxylation is 1. The number of anilines is 1. The molecule has 3 rings (SSSR count). The molecule has 0 unspecified atom stereocenters. The molecule has 0 fully saturated rings. The fourth-order valence-electron chi connectivity index (χ4n) is 2.42. The molecule has 2 heterocycles. The van der Waals surface area contributed by atoms with E-state index in [9.17, 15) is 13.2 Å². The molecule has 7 heteroatoms. The fraction of sp³-hybridized carbons (Fsp3) is 0.286. The molecule has 0 spiro atoms. The van der Waals surface area contributed by atoms with Gasteiger partial charge >= 0.3 is 0 Å². The highest BCUT2D eigenvalue weighted by Crippen LogP contribution is 2.30. The lowest BCUT2D eigenvalue weighted by Gasteiger charge is -2.29. The number of nitrogens with zero attached hydrogens (tertiary/aromatic N) is 2. The Labute approximate surface area is 122 Å². The molecule has 1 aromatic heterocycles. The molecule has 0 atom stereocenters. The van der Waals surface area contributed by atoms with Crippen LogP contribution in [0.5, 0.6) is 0 Å². The van der Waals surface area contributed by atoms with Gasteiger partial charge in [-0.1, -0.05) is 17.3 Å². The Morgan fingerprint density at radius 3 is 2.81 bits per heavy atom. The molecule has 0 bridgehead atoms. The van der Waals surface area contributed by atoms with Crippen molar-refractivity contribution in [3.63, 3.8) is 0 Å². The minimum atomic E-state index is -3.60. The first kappa shape index (κ1) is 13.8. The van der Waals surface area contributed by atoms with Gasteiger partial charge in [0.1, 0.15) is 17.2 Å². The van der Waals surface area contributed by atoms with Crippen LogP contribution >= 0.6 is 0 Å². The van der Waals surface area contributed by atoms with Gasteiger partial charge in [0.15, 0.2) is 5.78 Å². The van der Waals surface area contributed by atoms with E-state index in [-0.39, 0.29) is 24.5 Å². The zero-order valence-corrected chi connectivity index (χ0v) is 12.3. The maximum Gasteiger partial charge on any atom is 0.241 e. The summed E-state index contributed by atoms with van der Waals surface area (Å²) in [5.74, 6) is 0.288. The lowest BCUT2D eigenvalue weighted by Crippen LogP contribution is -2.38. The molecule has 1 aliphatic rings. The average Bonchev–Trinajstić information content (AvgIpc) is 2.83. The monoisotopic (exact) mass is 306 g/mol. The molecule has 0 amide bonds. The first-order valence-corrected chi connectivity index (χ1v) is 8.13. The molecule has 1 aliphatic heterocycles. The summed E-state index contributed by atoms with van der Waals surface area (Å²) in [6.45, 7) is 1.87. The number of para-hydroxylation sites is 1. The molecule has 110 valence electrons. The predicted octanol–water partition coefficient (Wildman–Crippen LogP) is 1.91. The van der Waals surface area contributed by atoms with E-state index >= 15 is 0 Å². The van der Waals surface area contributed by atoms with Gasteiger partial charge in [-0.15, -0.1) is 0 Å². The van der Waals surface area contributed by atoms with Gasteiger partial charge in [0, 0.05) is 24.6 Å². The van der Waals surface area contributed by atoms with E-state index in [2.05, 4.69) is 5.16 Å². The highest BCUT2D eigenvalue weighted by Gasteiger charge is 2.31. The lowest BCUT2D eigenvalue weighted by molar-refractivity contribution is 0.0982. The van der Waals surface area contributed by atoms with Crippen LogP contribution in [0.2, 0.25) is 0 Å². The fourth-order valence-corrected chi connectivity index (χ4v) is 3.92. The van der Waals surface area contributed by atoms with Gasteiger partial charge < -0.3 is 4.52 Å². The number of benzene rings is 1. The van der Waals surface area contributed by atoms with Gasteiger partial charge in [0.25, 0.3) is 0 Å². The number of ketones is 1. The molecule has 0 radical (unpaired) electrons. The topological polar surface area (TPSA) is 80.5 Å². The van der Waals surface area contributed by atoms with Crippen molar-refractivity contribution in [2.24, 2.45) is 0 Å². The third kappa shape index (κ3) is 2.56. The Bertz CT molecular complexity index is 795. The Balaban J connectivity index is 1.96. The SMILES string of the molecule is Cc1cc(CS(=O)(=O)N2CCC(=O)c3ccccc32)no1. The van der Waals surface area contributed by atoms with Crippen LogP contribution in [0, 0.1) is 6.92 Å². The molecule has 1 aromatic carbocycles. The van der Waals surface area contributed by atoms with Gasteiger partial charge in [-0.05, 0) is 19.1 Å². The van der Waals surface area contributed by atoms with Gasteiger partial charge in [-0.3, -0.25) is 9.10 Å². The molecule has 2 aromatic rings. The number of hydrogen-bond donors (Lipinski definition) is 0. The Morgan fingerprint density at radius 2 is 2.10 bits per heavy atom. The quantitative estimate of drug-likeness (QED) is 0.865. The van der Waals surface area contributed by atoms with Crippen LogP contribution in [0.15, 0.2) is 34.9 Å². The number of rotatable bonds is 3. The zero-order chi connectivity index (χ0) is 15.0. The van der Waals surface area contributed by atoms with Crippen LogP contribution in [-0.4, -0.2) is 25.9 Å². The second-order valence-electron chi connectivity index (χ2n) is 4.95. The van der Waals surface area contributed by atoms with Crippen molar-refractivity contribution in [1.82, 2.24) is 5.16 Å². The Morgan fingerprint density at radius 1 is 1.33 bits per heavy atom. The number of Topliss-reactive ketones (excluding diaryl/α,β-unsaturated/α-hetero) is 1. The normalized spacial score (nSPS) is 15.1. The van der Waals surface area contributed by atoms with Crippen molar-refractivity contribution in [2.45, 2.75) is 19.1 Å². The first-order chi connectivity index (χ1) is 9.97. The summed E-state index contributed by atoms with van der Waals surface area (Å²) in [6.07, 6.45) is 0.189. The van der Waals surface area contributed by atoms with Crippen molar-refractivity contribution in [2.75, 3.05) is 10.8 Å². The molecule has 0 saturated carbocycles. The Kier molecular flexibility index (Phi) is 3.29. The van der Waals surface area contributed by atoms with Gasteiger partial charge in [0.2, 0.25) is 10.0 Å². The van der Waals surface area contributed by atoms with Gasteiger partial charge in [0.05, 0.1) is 5.69 Å². The van der Waals surface area contributed by atoms with Crippen LogP contribution in [0.25, 0.3) is 0 Å². The lowest BCUT2D eigenvalue weighted by atomic mass is 10.0. The number of aromatic nitrogens is 1. The van der Waals surface area contributed by atoms with Crippen LogP contribution in [0.3, 0.4) is 0 Å². The number of hydrogen-bond acceptors (Lipinski definition) is 5. The van der Waals surface area contributed by atoms with E-state index < -0.39 is 10.0 Å². The molecule has 0 aliphatic carbocycles. The summed E-state index contributed by atoms with van der Waals surface area (Å²) in [6, 6.07) is 8.35. The number of carbonyl (C=O) groups excluding carboxylic acids is 1. The molecule has 0 saturated heterocycles. The molecular weight excluding hydrogens is 292 g/mol. The molecular formula is C14H14N2O4S. The van der Waals surface area contributed by atoms with E-state index in [0.717, 1.165) is 0 Å². The summed E-state index contributed by atoms with van der Waals surface area (Å²) < 4.78 is 31.3. The maximum atomic E-state index is 12.6. The van der Waals surface area contributed by atoms with Crippen LogP contribution in [0.4, 0.5) is 5.69 Å². The second-order valence-corrected chi connectivity index (χ2v) is 6.84. The third-order valence-corrected chi connectivity index (χ3v) is 5.07. The van der Waals surface area contributed by atoms with Gasteiger partial charge in [-0.25, -0.2) is 8.42 Å². The van der Waals surface area contributed by atoms with Crippen molar-refractivity contribution in [3.8, 4) is 0 Å². The Hall–Kier alpha value is -2.15.